The highest BCUT2D eigenvalue weighted by atomic mass is 35.5. The first kappa shape index (κ1) is 23.5. The molecule has 7 heteroatoms. The van der Waals surface area contributed by atoms with Gasteiger partial charge in [-0.25, -0.2) is 8.42 Å². The molecule has 1 amide bonds. The van der Waals surface area contributed by atoms with E-state index in [0.29, 0.717) is 18.7 Å². The molecule has 0 unspecified atom stereocenters. The number of nitrogens with zero attached hydrogens (tertiary/aromatic N) is 1. The van der Waals surface area contributed by atoms with Gasteiger partial charge in [0.25, 0.3) is 15.9 Å². The van der Waals surface area contributed by atoms with Gasteiger partial charge in [0.1, 0.15) is 0 Å². The summed E-state index contributed by atoms with van der Waals surface area (Å²) in [7, 11) is -3.80. The molecule has 1 N–H and O–H groups in total. The fraction of sp³-hybridized carbons (Fsp3) is 0.0741. The molecule has 0 atom stereocenters. The Morgan fingerprint density at radius 2 is 1.24 bits per heavy atom. The van der Waals surface area contributed by atoms with Crippen LogP contribution in [-0.2, 0) is 23.1 Å². The molecule has 0 saturated carbocycles. The number of hydrogen-bond donors (Lipinski definition) is 1. The zero-order chi connectivity index (χ0) is 24.0. The number of carbonyl (C=O) groups is 1. The molecule has 4 aromatic rings. The molecule has 5 nitrogen and oxygen atoms in total. The summed E-state index contributed by atoms with van der Waals surface area (Å²) in [6.07, 6.45) is 0. The molecule has 0 heterocycles. The summed E-state index contributed by atoms with van der Waals surface area (Å²) in [5.74, 6) is -0.202. The summed E-state index contributed by atoms with van der Waals surface area (Å²) >= 11 is 6.39. The van der Waals surface area contributed by atoms with Gasteiger partial charge in [0.2, 0.25) is 0 Å². The number of anilines is 1. The van der Waals surface area contributed by atoms with E-state index >= 15 is 0 Å². The van der Waals surface area contributed by atoms with Crippen molar-refractivity contribution in [1.82, 2.24) is 4.90 Å². The van der Waals surface area contributed by atoms with E-state index in [1.54, 1.807) is 29.2 Å². The second kappa shape index (κ2) is 10.5. The van der Waals surface area contributed by atoms with Crippen LogP contribution in [0.5, 0.6) is 0 Å². The molecule has 0 fully saturated rings. The van der Waals surface area contributed by atoms with Crippen LogP contribution in [0.1, 0.15) is 21.5 Å². The monoisotopic (exact) mass is 490 g/mol. The zero-order valence-electron chi connectivity index (χ0n) is 18.3. The van der Waals surface area contributed by atoms with Crippen molar-refractivity contribution in [3.63, 3.8) is 0 Å². The van der Waals surface area contributed by atoms with Crippen molar-refractivity contribution in [3.8, 4) is 0 Å². The molecule has 4 aromatic carbocycles. The molecule has 34 heavy (non-hydrogen) atoms. The highest BCUT2D eigenvalue weighted by molar-refractivity contribution is 7.92. The van der Waals surface area contributed by atoms with E-state index in [1.807, 2.05) is 60.7 Å². The molecule has 0 aliphatic carbocycles. The highest BCUT2D eigenvalue weighted by Crippen LogP contribution is 2.27. The Hall–Kier alpha value is -3.61. The van der Waals surface area contributed by atoms with Crippen molar-refractivity contribution in [3.05, 3.63) is 131 Å². The maximum absolute atomic E-state index is 13.5. The van der Waals surface area contributed by atoms with Crippen molar-refractivity contribution < 1.29 is 13.2 Å². The minimum absolute atomic E-state index is 0.128. The number of carbonyl (C=O) groups excluding carboxylic acids is 1. The van der Waals surface area contributed by atoms with Crippen molar-refractivity contribution in [2.45, 2.75) is 18.0 Å². The van der Waals surface area contributed by atoms with Gasteiger partial charge in [-0.15, -0.1) is 0 Å². The van der Waals surface area contributed by atoms with Gasteiger partial charge in [-0.1, -0.05) is 90.5 Å². The van der Waals surface area contributed by atoms with Gasteiger partial charge in [0.15, 0.2) is 0 Å². The molecule has 0 aliphatic rings. The second-order valence-electron chi connectivity index (χ2n) is 7.75. The maximum Gasteiger partial charge on any atom is 0.261 e. The first-order valence-corrected chi connectivity index (χ1v) is 12.5. The third-order valence-electron chi connectivity index (χ3n) is 5.23. The average Bonchev–Trinajstić information content (AvgIpc) is 2.86. The highest BCUT2D eigenvalue weighted by Gasteiger charge is 2.20. The van der Waals surface area contributed by atoms with Gasteiger partial charge >= 0.3 is 0 Å². The number of rotatable bonds is 8. The number of halogens is 1. The fourth-order valence-electron chi connectivity index (χ4n) is 3.52. The summed E-state index contributed by atoms with van der Waals surface area (Å²) in [5, 5.41) is 0.143. The Morgan fingerprint density at radius 3 is 1.74 bits per heavy atom. The van der Waals surface area contributed by atoms with Crippen LogP contribution in [-0.4, -0.2) is 19.2 Å². The predicted octanol–water partition coefficient (Wildman–Crippen LogP) is 5.98. The number of nitrogens with one attached hydrogen (secondary N) is 1. The van der Waals surface area contributed by atoms with E-state index in [-0.39, 0.29) is 21.5 Å². The zero-order valence-corrected chi connectivity index (χ0v) is 19.8. The smallest absolute Gasteiger partial charge is 0.261 e. The number of amides is 1. The normalized spacial score (nSPS) is 11.1. The lowest BCUT2D eigenvalue weighted by molar-refractivity contribution is 0.0730. The third-order valence-corrected chi connectivity index (χ3v) is 6.93. The first-order valence-electron chi connectivity index (χ1n) is 10.7. The lowest BCUT2D eigenvalue weighted by Crippen LogP contribution is -2.30. The van der Waals surface area contributed by atoms with Crippen LogP contribution < -0.4 is 4.72 Å². The van der Waals surface area contributed by atoms with E-state index in [9.17, 15) is 13.2 Å². The summed E-state index contributed by atoms with van der Waals surface area (Å²) < 4.78 is 27.8. The standard InChI is InChI=1S/C27H23ClN2O3S/c28-25-18-23(16-17-26(25)29-34(32,33)24-14-8-3-9-15-24)27(31)30(19-21-10-4-1-5-11-21)20-22-12-6-2-7-13-22/h1-18,29H,19-20H2. The fourth-order valence-corrected chi connectivity index (χ4v) is 4.91. The van der Waals surface area contributed by atoms with Gasteiger partial charge in [0, 0.05) is 18.7 Å². The molecule has 0 bridgehead atoms. The molecule has 0 aliphatic heterocycles. The van der Waals surface area contributed by atoms with Gasteiger partial charge in [-0.3, -0.25) is 9.52 Å². The molecule has 0 saturated heterocycles. The van der Waals surface area contributed by atoms with Crippen LogP contribution >= 0.6 is 11.6 Å². The molecule has 0 radical (unpaired) electrons. The Balaban J connectivity index is 1.58. The van der Waals surface area contributed by atoms with Gasteiger partial charge in [0.05, 0.1) is 15.6 Å². The van der Waals surface area contributed by atoms with Crippen LogP contribution in [0.15, 0.2) is 114 Å². The number of hydrogen-bond acceptors (Lipinski definition) is 3. The minimum atomic E-state index is -3.80. The first-order chi connectivity index (χ1) is 16.4. The Morgan fingerprint density at radius 1 is 0.735 bits per heavy atom. The lowest BCUT2D eigenvalue weighted by atomic mass is 10.1. The SMILES string of the molecule is O=C(c1ccc(NS(=O)(=O)c2ccccc2)c(Cl)c1)N(Cc1ccccc1)Cc1ccccc1. The van der Waals surface area contributed by atoms with E-state index < -0.39 is 10.0 Å². The van der Waals surface area contributed by atoms with Crippen LogP contribution in [0, 0.1) is 0 Å². The summed E-state index contributed by atoms with van der Waals surface area (Å²) in [4.78, 5) is 15.3. The average molecular weight is 491 g/mol. The molecule has 172 valence electrons. The van der Waals surface area contributed by atoms with Crippen LogP contribution in [0.4, 0.5) is 5.69 Å². The number of sulfonamides is 1. The van der Waals surface area contributed by atoms with Crippen molar-refractivity contribution in [2.24, 2.45) is 0 Å². The van der Waals surface area contributed by atoms with Crippen molar-refractivity contribution in [1.29, 1.82) is 0 Å². The molecule has 0 spiro atoms. The van der Waals surface area contributed by atoms with Gasteiger partial charge in [-0.05, 0) is 41.5 Å². The minimum Gasteiger partial charge on any atom is -0.330 e. The van der Waals surface area contributed by atoms with Gasteiger partial charge in [-0.2, -0.15) is 0 Å². The molecular weight excluding hydrogens is 468 g/mol. The quantitative estimate of drug-likeness (QED) is 0.330. The van der Waals surface area contributed by atoms with E-state index in [4.69, 9.17) is 11.6 Å². The lowest BCUT2D eigenvalue weighted by Gasteiger charge is -2.23. The Labute approximate surface area is 204 Å². The van der Waals surface area contributed by atoms with Crippen molar-refractivity contribution >= 4 is 33.2 Å². The summed E-state index contributed by atoms with van der Waals surface area (Å²) in [6, 6.07) is 32.1. The van der Waals surface area contributed by atoms with Crippen LogP contribution in [0.3, 0.4) is 0 Å². The van der Waals surface area contributed by atoms with Crippen molar-refractivity contribution in [2.75, 3.05) is 4.72 Å². The van der Waals surface area contributed by atoms with E-state index in [0.717, 1.165) is 11.1 Å². The predicted molar refractivity (Wildman–Crippen MR) is 135 cm³/mol. The second-order valence-corrected chi connectivity index (χ2v) is 9.84. The third kappa shape index (κ3) is 5.84. The number of benzene rings is 4. The summed E-state index contributed by atoms with van der Waals surface area (Å²) in [5.41, 5.74) is 2.59. The molecule has 4 rings (SSSR count). The Kier molecular flexibility index (Phi) is 7.30. The molecule has 0 aromatic heterocycles. The van der Waals surface area contributed by atoms with E-state index in [1.165, 1.54) is 24.3 Å². The van der Waals surface area contributed by atoms with Gasteiger partial charge < -0.3 is 4.90 Å². The maximum atomic E-state index is 13.5. The summed E-state index contributed by atoms with van der Waals surface area (Å²) in [6.45, 7) is 0.850. The Bertz CT molecular complexity index is 1320. The van der Waals surface area contributed by atoms with Crippen LogP contribution in [0.2, 0.25) is 5.02 Å². The molecular formula is C27H23ClN2O3S. The topological polar surface area (TPSA) is 66.5 Å². The van der Waals surface area contributed by atoms with E-state index in [2.05, 4.69) is 4.72 Å². The largest absolute Gasteiger partial charge is 0.330 e. The van der Waals surface area contributed by atoms with Crippen LogP contribution in [0.25, 0.3) is 0 Å².